The summed E-state index contributed by atoms with van der Waals surface area (Å²) in [7, 11) is 2.35. The number of nitrogens with zero attached hydrogens (tertiary/aromatic N) is 1. The first-order chi connectivity index (χ1) is 15.2. The van der Waals surface area contributed by atoms with Gasteiger partial charge in [-0.25, -0.2) is 14.2 Å². The Labute approximate surface area is 183 Å². The molecule has 0 fully saturated rings. The highest BCUT2D eigenvalue weighted by atomic mass is 16.5. The first-order valence-electron chi connectivity index (χ1n) is 9.34. The van der Waals surface area contributed by atoms with Crippen LogP contribution in [-0.2, 0) is 9.47 Å². The molecule has 0 saturated carbocycles. The van der Waals surface area contributed by atoms with Gasteiger partial charge in [-0.3, -0.25) is 15.6 Å². The van der Waals surface area contributed by atoms with Crippen molar-refractivity contribution in [1.82, 2.24) is 9.99 Å². The molecule has 10 nitrogen and oxygen atoms in total. The molecule has 0 atom stereocenters. The van der Waals surface area contributed by atoms with E-state index < -0.39 is 29.6 Å². The summed E-state index contributed by atoms with van der Waals surface area (Å²) in [5.74, 6) is -2.83. The monoisotopic (exact) mass is 439 g/mol. The molecule has 1 aromatic heterocycles. The summed E-state index contributed by atoms with van der Waals surface area (Å²) in [4.78, 5) is 36.3. The standard InChI is InChI=1S/C22H21N3O7/c1-12-4-6-13(7-5-12)19(27)24-23-17-11-18(26)25(20(17)28)16-9-14(21(29)31-2)8-15(10-16)22(30)32-3/h4-11,23,26,28H,1-3H3,(H,24,27). The van der Waals surface area contributed by atoms with Gasteiger partial charge in [0.05, 0.1) is 31.0 Å². The Bertz CT molecular complexity index is 1150. The molecular formula is C22H21N3O7. The molecular weight excluding hydrogens is 418 g/mol. The Balaban J connectivity index is 1.93. The summed E-state index contributed by atoms with van der Waals surface area (Å²) >= 11 is 0. The number of amides is 1. The molecule has 166 valence electrons. The van der Waals surface area contributed by atoms with E-state index in [2.05, 4.69) is 10.9 Å². The summed E-state index contributed by atoms with van der Waals surface area (Å²) in [5.41, 5.74) is 6.41. The Hall–Kier alpha value is -4.47. The fraction of sp³-hybridized carbons (Fsp3) is 0.136. The lowest BCUT2D eigenvalue weighted by atomic mass is 10.1. The minimum absolute atomic E-state index is 0.0000769. The minimum atomic E-state index is -0.730. The second kappa shape index (κ2) is 9.13. The van der Waals surface area contributed by atoms with Gasteiger partial charge in [0, 0.05) is 11.6 Å². The van der Waals surface area contributed by atoms with Crippen molar-refractivity contribution >= 4 is 23.5 Å². The predicted octanol–water partition coefficient (Wildman–Crippen LogP) is 2.53. The molecule has 0 radical (unpaired) electrons. The number of hydrogen-bond acceptors (Lipinski definition) is 8. The smallest absolute Gasteiger partial charge is 0.337 e. The first kappa shape index (κ1) is 22.2. The fourth-order valence-corrected chi connectivity index (χ4v) is 2.95. The van der Waals surface area contributed by atoms with Crippen LogP contribution in [-0.4, -0.2) is 46.8 Å². The molecule has 2 aromatic carbocycles. The summed E-state index contributed by atoms with van der Waals surface area (Å²) < 4.78 is 10.4. The fourth-order valence-electron chi connectivity index (χ4n) is 2.95. The van der Waals surface area contributed by atoms with Crippen LogP contribution in [0.15, 0.2) is 48.5 Å². The number of esters is 2. The molecule has 3 aromatic rings. The van der Waals surface area contributed by atoms with Gasteiger partial charge in [0.15, 0.2) is 0 Å². The highest BCUT2D eigenvalue weighted by molar-refractivity contribution is 5.97. The summed E-state index contributed by atoms with van der Waals surface area (Å²) in [6, 6.07) is 11.9. The second-order valence-electron chi connectivity index (χ2n) is 6.77. The minimum Gasteiger partial charge on any atom is -0.494 e. The number of benzene rings is 2. The molecule has 1 amide bonds. The lowest BCUT2D eigenvalue weighted by Gasteiger charge is -2.12. The molecule has 0 unspecified atom stereocenters. The van der Waals surface area contributed by atoms with E-state index in [0.29, 0.717) is 5.56 Å². The van der Waals surface area contributed by atoms with Crippen molar-refractivity contribution < 1.29 is 34.1 Å². The SMILES string of the molecule is COC(=O)c1cc(C(=O)OC)cc(-n2c(O)cc(NNC(=O)c3ccc(C)cc3)c2O)c1. The van der Waals surface area contributed by atoms with E-state index in [1.54, 1.807) is 24.3 Å². The number of carbonyl (C=O) groups is 3. The van der Waals surface area contributed by atoms with Crippen molar-refractivity contribution in [3.8, 4) is 17.4 Å². The number of ether oxygens (including phenoxy) is 2. The summed E-state index contributed by atoms with van der Waals surface area (Å²) in [6.45, 7) is 1.89. The molecule has 3 rings (SSSR count). The van der Waals surface area contributed by atoms with E-state index in [0.717, 1.165) is 16.2 Å². The van der Waals surface area contributed by atoms with Crippen LogP contribution in [0.5, 0.6) is 11.8 Å². The average Bonchev–Trinajstić information content (AvgIpc) is 3.09. The molecule has 0 bridgehead atoms. The van der Waals surface area contributed by atoms with Gasteiger partial charge in [-0.15, -0.1) is 0 Å². The highest BCUT2D eigenvalue weighted by Gasteiger charge is 2.20. The maximum atomic E-state index is 12.3. The number of hydrazine groups is 1. The van der Waals surface area contributed by atoms with E-state index in [1.165, 1.54) is 32.4 Å². The van der Waals surface area contributed by atoms with Gasteiger partial charge in [-0.1, -0.05) is 17.7 Å². The molecule has 0 aliphatic carbocycles. The molecule has 0 spiro atoms. The number of aromatic nitrogens is 1. The van der Waals surface area contributed by atoms with Crippen LogP contribution in [0.2, 0.25) is 0 Å². The average molecular weight is 439 g/mol. The van der Waals surface area contributed by atoms with Crippen LogP contribution in [0.1, 0.15) is 36.6 Å². The molecule has 0 aliphatic heterocycles. The largest absolute Gasteiger partial charge is 0.494 e. The quantitative estimate of drug-likeness (QED) is 0.339. The Morgan fingerprint density at radius 1 is 0.844 bits per heavy atom. The van der Waals surface area contributed by atoms with E-state index in [4.69, 9.17) is 9.47 Å². The summed E-state index contributed by atoms with van der Waals surface area (Å²) in [5, 5.41) is 21.0. The molecule has 10 heteroatoms. The molecule has 4 N–H and O–H groups in total. The third kappa shape index (κ3) is 4.48. The third-order valence-corrected chi connectivity index (χ3v) is 4.60. The number of aryl methyl sites for hydroxylation is 1. The zero-order chi connectivity index (χ0) is 23.4. The van der Waals surface area contributed by atoms with Gasteiger partial charge in [0.2, 0.25) is 11.8 Å². The maximum Gasteiger partial charge on any atom is 0.337 e. The number of anilines is 1. The van der Waals surface area contributed by atoms with E-state index in [9.17, 15) is 24.6 Å². The summed E-state index contributed by atoms with van der Waals surface area (Å²) in [6.07, 6.45) is 0. The third-order valence-electron chi connectivity index (χ3n) is 4.60. The lowest BCUT2D eigenvalue weighted by Crippen LogP contribution is -2.29. The van der Waals surface area contributed by atoms with E-state index >= 15 is 0 Å². The van der Waals surface area contributed by atoms with Crippen molar-refractivity contribution in [2.24, 2.45) is 0 Å². The van der Waals surface area contributed by atoms with Gasteiger partial charge in [0.25, 0.3) is 5.91 Å². The Kier molecular flexibility index (Phi) is 6.34. The number of rotatable bonds is 6. The van der Waals surface area contributed by atoms with Crippen LogP contribution in [0.4, 0.5) is 5.69 Å². The Morgan fingerprint density at radius 3 is 1.94 bits per heavy atom. The van der Waals surface area contributed by atoms with Crippen molar-refractivity contribution in [2.75, 3.05) is 19.6 Å². The maximum absolute atomic E-state index is 12.3. The van der Waals surface area contributed by atoms with E-state index in [1.807, 2.05) is 6.92 Å². The van der Waals surface area contributed by atoms with Gasteiger partial charge < -0.3 is 19.7 Å². The Morgan fingerprint density at radius 2 is 1.41 bits per heavy atom. The molecule has 0 saturated heterocycles. The van der Waals surface area contributed by atoms with Crippen molar-refractivity contribution in [2.45, 2.75) is 6.92 Å². The van der Waals surface area contributed by atoms with Gasteiger partial charge in [0.1, 0.15) is 5.69 Å². The zero-order valence-electron chi connectivity index (χ0n) is 17.5. The van der Waals surface area contributed by atoms with Crippen molar-refractivity contribution in [1.29, 1.82) is 0 Å². The van der Waals surface area contributed by atoms with Crippen LogP contribution in [0.3, 0.4) is 0 Å². The van der Waals surface area contributed by atoms with Crippen LogP contribution in [0, 0.1) is 6.92 Å². The topological polar surface area (TPSA) is 139 Å². The predicted molar refractivity (Wildman–Crippen MR) is 114 cm³/mol. The van der Waals surface area contributed by atoms with Gasteiger partial charge in [-0.2, -0.15) is 0 Å². The lowest BCUT2D eigenvalue weighted by molar-refractivity contribution is 0.0598. The van der Waals surface area contributed by atoms with Crippen LogP contribution >= 0.6 is 0 Å². The molecule has 32 heavy (non-hydrogen) atoms. The van der Waals surface area contributed by atoms with E-state index in [-0.39, 0.29) is 22.5 Å². The normalized spacial score (nSPS) is 10.3. The van der Waals surface area contributed by atoms with Crippen molar-refractivity contribution in [3.05, 3.63) is 70.8 Å². The zero-order valence-corrected chi connectivity index (χ0v) is 17.5. The number of carbonyl (C=O) groups excluding carboxylic acids is 3. The number of aromatic hydroxyl groups is 2. The number of hydrogen-bond donors (Lipinski definition) is 4. The van der Waals surface area contributed by atoms with Gasteiger partial charge in [-0.05, 0) is 37.3 Å². The number of methoxy groups -OCH3 is 2. The highest BCUT2D eigenvalue weighted by Crippen LogP contribution is 2.35. The van der Waals surface area contributed by atoms with Crippen LogP contribution < -0.4 is 10.9 Å². The van der Waals surface area contributed by atoms with Gasteiger partial charge >= 0.3 is 11.9 Å². The molecule has 0 aliphatic rings. The molecule has 1 heterocycles. The number of nitrogens with one attached hydrogen (secondary N) is 2. The van der Waals surface area contributed by atoms with Crippen molar-refractivity contribution in [3.63, 3.8) is 0 Å². The van der Waals surface area contributed by atoms with Crippen LogP contribution in [0.25, 0.3) is 5.69 Å². The first-order valence-corrected chi connectivity index (χ1v) is 9.34. The second-order valence-corrected chi connectivity index (χ2v) is 6.77.